The molecule has 126 valence electrons. The van der Waals surface area contributed by atoms with E-state index in [2.05, 4.69) is 32.1 Å². The molecule has 23 heavy (non-hydrogen) atoms. The fourth-order valence-corrected chi connectivity index (χ4v) is 3.02. The van der Waals surface area contributed by atoms with Crippen LogP contribution in [0, 0.1) is 6.92 Å². The number of amides is 3. The van der Waals surface area contributed by atoms with Crippen LogP contribution in [0.15, 0.2) is 22.7 Å². The summed E-state index contributed by atoms with van der Waals surface area (Å²) in [5.41, 5.74) is 5.62. The molecule has 7 heteroatoms. The molecule has 1 saturated carbocycles. The minimum atomic E-state index is -0.411. The molecule has 1 aliphatic carbocycles. The number of rotatable bonds is 4. The number of ether oxygens (including phenoxy) is 1. The van der Waals surface area contributed by atoms with Gasteiger partial charge in [-0.05, 0) is 43.5 Å². The van der Waals surface area contributed by atoms with Gasteiger partial charge in [0.2, 0.25) is 0 Å². The molecular formula is C16H22BrN3O3. The van der Waals surface area contributed by atoms with Crippen LogP contribution in [0.3, 0.4) is 0 Å². The maximum absolute atomic E-state index is 11.7. The van der Waals surface area contributed by atoms with Gasteiger partial charge in [0.25, 0.3) is 5.91 Å². The van der Waals surface area contributed by atoms with Crippen molar-refractivity contribution in [3.63, 3.8) is 0 Å². The molecule has 0 radical (unpaired) electrons. The third-order valence-electron chi connectivity index (χ3n) is 3.75. The van der Waals surface area contributed by atoms with Gasteiger partial charge in [0.15, 0.2) is 6.61 Å². The van der Waals surface area contributed by atoms with Gasteiger partial charge in [-0.2, -0.15) is 0 Å². The van der Waals surface area contributed by atoms with Crippen LogP contribution >= 0.6 is 15.9 Å². The van der Waals surface area contributed by atoms with Crippen LogP contribution in [0.25, 0.3) is 0 Å². The highest BCUT2D eigenvalue weighted by molar-refractivity contribution is 9.10. The Labute approximate surface area is 144 Å². The van der Waals surface area contributed by atoms with Crippen LogP contribution in [-0.2, 0) is 4.79 Å². The minimum Gasteiger partial charge on any atom is -0.483 e. The Bertz CT molecular complexity index is 560. The predicted octanol–water partition coefficient (Wildman–Crippen LogP) is 2.80. The molecule has 0 unspecified atom stereocenters. The monoisotopic (exact) mass is 383 g/mol. The smallest absolute Gasteiger partial charge is 0.333 e. The van der Waals surface area contributed by atoms with Gasteiger partial charge in [-0.15, -0.1) is 0 Å². The first kappa shape index (κ1) is 17.6. The van der Waals surface area contributed by atoms with Crippen LogP contribution < -0.4 is 20.9 Å². The van der Waals surface area contributed by atoms with Crippen molar-refractivity contribution < 1.29 is 14.3 Å². The number of hydrazine groups is 1. The summed E-state index contributed by atoms with van der Waals surface area (Å²) in [6.45, 7) is 1.74. The number of benzene rings is 1. The maximum Gasteiger partial charge on any atom is 0.333 e. The average molecular weight is 384 g/mol. The lowest BCUT2D eigenvalue weighted by molar-refractivity contribution is -0.123. The molecule has 1 aliphatic rings. The average Bonchev–Trinajstić information content (AvgIpc) is 2.53. The largest absolute Gasteiger partial charge is 0.483 e. The van der Waals surface area contributed by atoms with Gasteiger partial charge in [-0.25, -0.2) is 10.2 Å². The molecule has 1 aromatic rings. The van der Waals surface area contributed by atoms with Gasteiger partial charge >= 0.3 is 6.03 Å². The summed E-state index contributed by atoms with van der Waals surface area (Å²) < 4.78 is 6.38. The first-order chi connectivity index (χ1) is 11.0. The fraction of sp³-hybridized carbons (Fsp3) is 0.500. The van der Waals surface area contributed by atoms with Crippen LogP contribution in [-0.4, -0.2) is 24.6 Å². The summed E-state index contributed by atoms with van der Waals surface area (Å²) in [6.07, 6.45) is 5.49. The number of carbonyl (C=O) groups excluding carboxylic acids is 2. The predicted molar refractivity (Wildman–Crippen MR) is 91.1 cm³/mol. The van der Waals surface area contributed by atoms with Gasteiger partial charge < -0.3 is 10.1 Å². The molecule has 0 heterocycles. The Morgan fingerprint density at radius 2 is 1.96 bits per heavy atom. The molecule has 1 fully saturated rings. The summed E-state index contributed by atoms with van der Waals surface area (Å²) in [6, 6.07) is 5.35. The molecule has 3 N–H and O–H groups in total. The molecule has 1 aromatic carbocycles. The van der Waals surface area contributed by atoms with E-state index in [4.69, 9.17) is 4.74 Å². The van der Waals surface area contributed by atoms with E-state index in [-0.39, 0.29) is 18.7 Å². The molecule has 2 rings (SSSR count). The van der Waals surface area contributed by atoms with E-state index in [9.17, 15) is 9.59 Å². The van der Waals surface area contributed by atoms with Gasteiger partial charge in [0.1, 0.15) is 5.75 Å². The Morgan fingerprint density at radius 3 is 2.65 bits per heavy atom. The van der Waals surface area contributed by atoms with E-state index >= 15 is 0 Å². The highest BCUT2D eigenvalue weighted by Gasteiger charge is 2.15. The summed E-state index contributed by atoms with van der Waals surface area (Å²) in [5, 5.41) is 2.85. The zero-order valence-electron chi connectivity index (χ0n) is 13.2. The molecule has 0 saturated heterocycles. The maximum atomic E-state index is 11.7. The van der Waals surface area contributed by atoms with E-state index in [1.165, 1.54) is 6.42 Å². The van der Waals surface area contributed by atoms with Crippen molar-refractivity contribution in [2.24, 2.45) is 0 Å². The number of aryl methyl sites for hydroxylation is 1. The van der Waals surface area contributed by atoms with Gasteiger partial charge in [0, 0.05) is 10.5 Å². The number of hydrogen-bond donors (Lipinski definition) is 3. The van der Waals surface area contributed by atoms with Crippen molar-refractivity contribution in [3.05, 3.63) is 28.2 Å². The fourth-order valence-electron chi connectivity index (χ4n) is 2.55. The molecule has 0 atom stereocenters. The first-order valence-electron chi connectivity index (χ1n) is 7.79. The number of urea groups is 1. The second-order valence-corrected chi connectivity index (χ2v) is 6.60. The molecular weight excluding hydrogens is 362 g/mol. The lowest BCUT2D eigenvalue weighted by Crippen LogP contribution is -2.51. The van der Waals surface area contributed by atoms with E-state index in [1.807, 2.05) is 19.1 Å². The van der Waals surface area contributed by atoms with Crippen LogP contribution in [0.4, 0.5) is 4.79 Å². The van der Waals surface area contributed by atoms with Crippen molar-refractivity contribution in [2.75, 3.05) is 6.61 Å². The standard InChI is InChI=1S/C16H22BrN3O3/c1-11-9-12(17)7-8-14(11)23-10-15(21)19-20-16(22)18-13-5-3-2-4-6-13/h7-9,13H,2-6,10H2,1H3,(H,19,21)(H2,18,20,22). The van der Waals surface area contributed by atoms with Crippen LogP contribution in [0.2, 0.25) is 0 Å². The Hall–Kier alpha value is -1.76. The molecule has 0 aliphatic heterocycles. The van der Waals surface area contributed by atoms with Crippen molar-refractivity contribution in [1.29, 1.82) is 0 Å². The zero-order valence-corrected chi connectivity index (χ0v) is 14.7. The number of halogens is 1. The quantitative estimate of drug-likeness (QED) is 0.699. The number of hydrogen-bond acceptors (Lipinski definition) is 3. The normalized spacial score (nSPS) is 14.9. The van der Waals surface area contributed by atoms with Crippen LogP contribution in [0.1, 0.15) is 37.7 Å². The summed E-state index contributed by atoms with van der Waals surface area (Å²) in [5.74, 6) is 0.223. The van der Waals surface area contributed by atoms with Crippen molar-refractivity contribution >= 4 is 27.9 Å². The molecule has 3 amide bonds. The van der Waals surface area contributed by atoms with Crippen LogP contribution in [0.5, 0.6) is 5.75 Å². The summed E-state index contributed by atoms with van der Waals surface area (Å²) in [4.78, 5) is 23.4. The third kappa shape index (κ3) is 6.09. The Morgan fingerprint density at radius 1 is 1.22 bits per heavy atom. The topological polar surface area (TPSA) is 79.5 Å². The summed E-state index contributed by atoms with van der Waals surface area (Å²) >= 11 is 3.37. The van der Waals surface area contributed by atoms with E-state index in [1.54, 1.807) is 6.07 Å². The molecule has 0 aromatic heterocycles. The number of nitrogens with one attached hydrogen (secondary N) is 3. The molecule has 0 spiro atoms. The van der Waals surface area contributed by atoms with Crippen molar-refractivity contribution in [1.82, 2.24) is 16.2 Å². The first-order valence-corrected chi connectivity index (χ1v) is 8.58. The van der Waals surface area contributed by atoms with Gasteiger partial charge in [0.05, 0.1) is 0 Å². The Kier molecular flexibility index (Phi) is 6.70. The minimum absolute atomic E-state index is 0.161. The lowest BCUT2D eigenvalue weighted by Gasteiger charge is -2.22. The van der Waals surface area contributed by atoms with E-state index in [0.717, 1.165) is 35.7 Å². The molecule has 0 bridgehead atoms. The third-order valence-corrected chi connectivity index (χ3v) is 4.24. The van der Waals surface area contributed by atoms with Crippen molar-refractivity contribution in [3.8, 4) is 5.75 Å². The van der Waals surface area contributed by atoms with E-state index in [0.29, 0.717) is 5.75 Å². The Balaban J connectivity index is 1.67. The second kappa shape index (κ2) is 8.76. The second-order valence-electron chi connectivity index (χ2n) is 5.68. The van der Waals surface area contributed by atoms with Gasteiger partial charge in [-0.1, -0.05) is 35.2 Å². The SMILES string of the molecule is Cc1cc(Br)ccc1OCC(=O)NNC(=O)NC1CCCCC1. The van der Waals surface area contributed by atoms with Gasteiger partial charge in [-0.3, -0.25) is 10.2 Å². The highest BCUT2D eigenvalue weighted by Crippen LogP contribution is 2.22. The van der Waals surface area contributed by atoms with Crippen molar-refractivity contribution in [2.45, 2.75) is 45.1 Å². The zero-order chi connectivity index (χ0) is 16.7. The number of carbonyl (C=O) groups is 2. The molecule has 6 nitrogen and oxygen atoms in total. The highest BCUT2D eigenvalue weighted by atomic mass is 79.9. The lowest BCUT2D eigenvalue weighted by atomic mass is 9.96. The summed E-state index contributed by atoms with van der Waals surface area (Å²) in [7, 11) is 0. The van der Waals surface area contributed by atoms with E-state index < -0.39 is 5.91 Å².